The molecule has 2 aromatic heterocycles. The molecule has 6 aromatic rings. The van der Waals surface area contributed by atoms with Crippen LogP contribution in [0.4, 0.5) is 0 Å². The number of para-hydroxylation sites is 1. The lowest BCUT2D eigenvalue weighted by atomic mass is 9.99. The molecule has 0 fully saturated rings. The Kier molecular flexibility index (Phi) is 4.72. The molecule has 0 N–H and O–H groups in total. The third-order valence-corrected chi connectivity index (χ3v) is 6.17. The second-order valence-corrected chi connectivity index (χ2v) is 8.73. The third kappa shape index (κ3) is 3.37. The van der Waals surface area contributed by atoms with Crippen molar-refractivity contribution in [3.05, 3.63) is 107 Å². The Balaban J connectivity index is 1.50. The lowest BCUT2D eigenvalue weighted by Crippen LogP contribution is -1.96. The second-order valence-electron chi connectivity index (χ2n) is 7.62. The highest BCUT2D eigenvalue weighted by molar-refractivity contribution is 14.1. The number of hydrogen-bond acceptors (Lipinski definition) is 3. The molecule has 2 heterocycles. The molecule has 0 unspecified atom stereocenters. The van der Waals surface area contributed by atoms with Crippen LogP contribution < -0.4 is 0 Å². The van der Waals surface area contributed by atoms with Gasteiger partial charge in [-0.2, -0.15) is 0 Å². The van der Waals surface area contributed by atoms with Gasteiger partial charge < -0.3 is 4.42 Å². The van der Waals surface area contributed by atoms with E-state index in [1.165, 1.54) is 0 Å². The molecule has 0 radical (unpaired) electrons. The fraction of sp³-hybridized carbons (Fsp3) is 0. The van der Waals surface area contributed by atoms with Crippen molar-refractivity contribution in [3.8, 4) is 33.8 Å². The predicted molar refractivity (Wildman–Crippen MR) is 138 cm³/mol. The Morgan fingerprint density at radius 3 is 2.16 bits per heavy atom. The highest BCUT2D eigenvalue weighted by Gasteiger charge is 2.14. The van der Waals surface area contributed by atoms with Crippen LogP contribution in [0.1, 0.15) is 0 Å². The number of aromatic nitrogens is 2. The van der Waals surface area contributed by atoms with E-state index in [0.29, 0.717) is 0 Å². The van der Waals surface area contributed by atoms with Crippen LogP contribution in [0.3, 0.4) is 0 Å². The molecule has 32 heavy (non-hydrogen) atoms. The molecule has 152 valence electrons. The molecular weight excluding hydrogens is 507 g/mol. The fourth-order valence-electron chi connectivity index (χ4n) is 4.12. The number of furan rings is 1. The Morgan fingerprint density at radius 1 is 0.562 bits per heavy atom. The summed E-state index contributed by atoms with van der Waals surface area (Å²) < 4.78 is 6.99. The molecule has 0 atom stereocenters. The minimum absolute atomic E-state index is 0.719. The summed E-state index contributed by atoms with van der Waals surface area (Å²) in [6, 6.07) is 35.1. The summed E-state index contributed by atoms with van der Waals surface area (Å²) >= 11 is 2.27. The zero-order valence-corrected chi connectivity index (χ0v) is 19.2. The first-order valence-electron chi connectivity index (χ1n) is 10.4. The lowest BCUT2D eigenvalue weighted by molar-refractivity contribution is 0.669. The second kappa shape index (κ2) is 7.88. The van der Waals surface area contributed by atoms with Gasteiger partial charge in [-0.25, -0.2) is 9.97 Å². The van der Waals surface area contributed by atoms with Crippen LogP contribution in [0.25, 0.3) is 55.7 Å². The fourth-order valence-corrected chi connectivity index (χ4v) is 4.64. The zero-order valence-electron chi connectivity index (χ0n) is 17.0. The van der Waals surface area contributed by atoms with Gasteiger partial charge in [-0.05, 0) is 58.0 Å². The molecule has 0 aliphatic rings. The molecule has 0 aliphatic heterocycles. The Hall–Kier alpha value is -3.51. The zero-order chi connectivity index (χ0) is 21.5. The SMILES string of the molecule is Ic1cc(-c2ccc3c(c2)oc2ccccc23)nc(-c2ccccc2-c2ccccc2)n1. The monoisotopic (exact) mass is 524 g/mol. The van der Waals surface area contributed by atoms with E-state index in [1.807, 2.05) is 36.4 Å². The standard InChI is InChI=1S/C28H17IN2O/c29-27-17-24(19-14-15-22-21-11-6-7-13-25(21)32-26(22)16-19)30-28(31-27)23-12-5-4-10-20(23)18-8-2-1-3-9-18/h1-17H. The molecular formula is C28H17IN2O. The van der Waals surface area contributed by atoms with Crippen LogP contribution in [0, 0.1) is 3.70 Å². The van der Waals surface area contributed by atoms with Crippen molar-refractivity contribution in [2.75, 3.05) is 0 Å². The van der Waals surface area contributed by atoms with Crippen LogP contribution in [-0.2, 0) is 0 Å². The van der Waals surface area contributed by atoms with Crippen LogP contribution in [-0.4, -0.2) is 9.97 Å². The van der Waals surface area contributed by atoms with E-state index in [4.69, 9.17) is 14.4 Å². The van der Waals surface area contributed by atoms with Crippen LogP contribution in [0.2, 0.25) is 0 Å². The number of halogens is 1. The van der Waals surface area contributed by atoms with E-state index in [-0.39, 0.29) is 0 Å². The van der Waals surface area contributed by atoms with Crippen LogP contribution >= 0.6 is 22.6 Å². The van der Waals surface area contributed by atoms with Gasteiger partial charge in [-0.1, -0.05) is 78.9 Å². The van der Waals surface area contributed by atoms with Crippen molar-refractivity contribution >= 4 is 44.5 Å². The lowest BCUT2D eigenvalue weighted by Gasteiger charge is -2.11. The van der Waals surface area contributed by atoms with Gasteiger partial charge in [0.1, 0.15) is 14.9 Å². The summed E-state index contributed by atoms with van der Waals surface area (Å²) in [5.74, 6) is 0.719. The first-order valence-corrected chi connectivity index (χ1v) is 11.5. The molecule has 0 amide bonds. The van der Waals surface area contributed by atoms with Crippen molar-refractivity contribution in [3.63, 3.8) is 0 Å². The highest BCUT2D eigenvalue weighted by atomic mass is 127. The van der Waals surface area contributed by atoms with E-state index in [0.717, 1.165) is 59.4 Å². The maximum atomic E-state index is 6.09. The van der Waals surface area contributed by atoms with Crippen molar-refractivity contribution in [1.82, 2.24) is 9.97 Å². The topological polar surface area (TPSA) is 38.9 Å². The van der Waals surface area contributed by atoms with E-state index >= 15 is 0 Å². The molecule has 0 spiro atoms. The maximum Gasteiger partial charge on any atom is 0.161 e. The van der Waals surface area contributed by atoms with Crippen molar-refractivity contribution < 1.29 is 4.42 Å². The van der Waals surface area contributed by atoms with Crippen molar-refractivity contribution in [2.45, 2.75) is 0 Å². The van der Waals surface area contributed by atoms with Crippen LogP contribution in [0.15, 0.2) is 108 Å². The summed E-state index contributed by atoms with van der Waals surface area (Å²) in [6.07, 6.45) is 0. The molecule has 3 nitrogen and oxygen atoms in total. The van der Waals surface area contributed by atoms with Gasteiger partial charge in [0.2, 0.25) is 0 Å². The number of hydrogen-bond donors (Lipinski definition) is 0. The van der Waals surface area contributed by atoms with Gasteiger partial charge in [0.15, 0.2) is 5.82 Å². The number of fused-ring (bicyclic) bond motifs is 3. The van der Waals surface area contributed by atoms with Crippen molar-refractivity contribution in [2.24, 2.45) is 0 Å². The maximum absolute atomic E-state index is 6.09. The minimum Gasteiger partial charge on any atom is -0.456 e. The van der Waals surface area contributed by atoms with Gasteiger partial charge >= 0.3 is 0 Å². The minimum atomic E-state index is 0.719. The molecule has 0 saturated heterocycles. The normalized spacial score (nSPS) is 11.3. The number of nitrogens with zero attached hydrogens (tertiary/aromatic N) is 2. The smallest absolute Gasteiger partial charge is 0.161 e. The van der Waals surface area contributed by atoms with Gasteiger partial charge in [0, 0.05) is 21.9 Å². The molecule has 6 rings (SSSR count). The van der Waals surface area contributed by atoms with E-state index in [9.17, 15) is 0 Å². The Bertz CT molecular complexity index is 1590. The quantitative estimate of drug-likeness (QED) is 0.174. The summed E-state index contributed by atoms with van der Waals surface area (Å²) in [7, 11) is 0. The number of benzene rings is 4. The Labute approximate surface area is 198 Å². The van der Waals surface area contributed by atoms with E-state index in [2.05, 4.69) is 89.3 Å². The third-order valence-electron chi connectivity index (χ3n) is 5.62. The molecule has 0 aliphatic carbocycles. The molecule has 0 bridgehead atoms. The van der Waals surface area contributed by atoms with Gasteiger partial charge in [-0.15, -0.1) is 0 Å². The summed E-state index contributed by atoms with van der Waals surface area (Å²) in [5.41, 5.74) is 6.94. The van der Waals surface area contributed by atoms with Crippen LogP contribution in [0.5, 0.6) is 0 Å². The summed E-state index contributed by atoms with van der Waals surface area (Å²) in [4.78, 5) is 9.73. The first kappa shape index (κ1) is 19.2. The molecule has 4 heteroatoms. The van der Waals surface area contributed by atoms with Crippen molar-refractivity contribution in [1.29, 1.82) is 0 Å². The van der Waals surface area contributed by atoms with E-state index < -0.39 is 0 Å². The predicted octanol–water partition coefficient (Wildman–Crippen LogP) is 7.98. The van der Waals surface area contributed by atoms with Gasteiger partial charge in [0.05, 0.1) is 5.69 Å². The summed E-state index contributed by atoms with van der Waals surface area (Å²) in [6.45, 7) is 0. The summed E-state index contributed by atoms with van der Waals surface area (Å²) in [5, 5.41) is 2.24. The average molecular weight is 524 g/mol. The van der Waals surface area contributed by atoms with E-state index in [1.54, 1.807) is 0 Å². The Morgan fingerprint density at radius 2 is 1.28 bits per heavy atom. The van der Waals surface area contributed by atoms with Gasteiger partial charge in [-0.3, -0.25) is 0 Å². The molecule has 0 saturated carbocycles. The number of rotatable bonds is 3. The largest absolute Gasteiger partial charge is 0.456 e. The van der Waals surface area contributed by atoms with Gasteiger partial charge in [0.25, 0.3) is 0 Å². The highest BCUT2D eigenvalue weighted by Crippen LogP contribution is 2.34. The first-order chi connectivity index (χ1) is 15.8. The average Bonchev–Trinajstić information content (AvgIpc) is 3.22. The molecule has 4 aromatic carbocycles.